The quantitative estimate of drug-likeness (QED) is 0.235. The van der Waals surface area contributed by atoms with Crippen LogP contribution in [0.5, 0.6) is 0 Å². The van der Waals surface area contributed by atoms with Gasteiger partial charge in [-0.05, 0) is 36.2 Å². The summed E-state index contributed by atoms with van der Waals surface area (Å²) in [5, 5.41) is 3.36. The van der Waals surface area contributed by atoms with E-state index in [1.54, 1.807) is 18.7 Å². The van der Waals surface area contributed by atoms with Gasteiger partial charge in [-0.25, -0.2) is 9.78 Å². The van der Waals surface area contributed by atoms with Crippen molar-refractivity contribution in [3.05, 3.63) is 39.8 Å². The molecule has 0 saturated carbocycles. The number of thiazole rings is 1. The van der Waals surface area contributed by atoms with E-state index in [0.717, 1.165) is 18.4 Å². The minimum atomic E-state index is -3.70. The Morgan fingerprint density at radius 1 is 1.05 bits per heavy atom. The second kappa shape index (κ2) is 15.6. The summed E-state index contributed by atoms with van der Waals surface area (Å²) in [6, 6.07) is 8.22. The summed E-state index contributed by atoms with van der Waals surface area (Å²) in [4.78, 5) is 46.9. The highest BCUT2D eigenvalue weighted by molar-refractivity contribution is 9.11. The Morgan fingerprint density at radius 2 is 1.68 bits per heavy atom. The van der Waals surface area contributed by atoms with Crippen molar-refractivity contribution in [1.29, 1.82) is 0 Å². The van der Waals surface area contributed by atoms with E-state index < -0.39 is 31.5 Å². The summed E-state index contributed by atoms with van der Waals surface area (Å²) in [6.07, 6.45) is 0.949. The van der Waals surface area contributed by atoms with Crippen LogP contribution in [0.3, 0.4) is 0 Å². The topological polar surface area (TPSA) is 127 Å². The molecule has 11 nitrogen and oxygen atoms in total. The highest BCUT2D eigenvalue weighted by atomic mass is 79.9. The molecular weight excluding hydrogens is 623 g/mol. The van der Waals surface area contributed by atoms with Crippen molar-refractivity contribution < 1.29 is 32.7 Å². The minimum absolute atomic E-state index is 0.114. The number of benzene rings is 1. The molecule has 1 unspecified atom stereocenters. The standard InChI is InChI=1S/C26H36BrN4O7PS/c1-4-7-17-36-26(34)31-15-13-30(14-16-31)25(33)20(18-39(35,37-5-2)38-6-3)28-23(32)21-22(27)40-24(29-21)19-11-9-8-10-12-19/h8-12,20H,4-7,13-18H2,1-3H3,(H,28,32). The summed E-state index contributed by atoms with van der Waals surface area (Å²) in [5.74, 6) is -1.04. The molecule has 1 aromatic carbocycles. The first-order valence-corrected chi connectivity index (χ1v) is 16.7. The van der Waals surface area contributed by atoms with E-state index in [1.165, 1.54) is 16.2 Å². The van der Waals surface area contributed by atoms with Crippen LogP contribution in [0.15, 0.2) is 34.1 Å². The predicted molar refractivity (Wildman–Crippen MR) is 157 cm³/mol. The van der Waals surface area contributed by atoms with Crippen LogP contribution in [0.1, 0.15) is 44.1 Å². The SMILES string of the molecule is CCCCOC(=O)N1CCN(C(=O)C(CP(=O)(OCC)OCC)NC(=O)c2nc(-c3ccccc3)sc2Br)CC1. The van der Waals surface area contributed by atoms with Gasteiger partial charge in [0.15, 0.2) is 5.69 Å². The third kappa shape index (κ3) is 8.84. The molecule has 14 heteroatoms. The number of carbonyl (C=O) groups is 3. The average molecular weight is 660 g/mol. The van der Waals surface area contributed by atoms with Gasteiger partial charge in [0.1, 0.15) is 14.8 Å². The third-order valence-corrected chi connectivity index (χ3v) is 9.93. The Morgan fingerprint density at radius 3 is 2.27 bits per heavy atom. The molecule has 0 spiro atoms. The monoisotopic (exact) mass is 658 g/mol. The molecule has 0 radical (unpaired) electrons. The third-order valence-electron chi connectivity index (χ3n) is 6.06. The zero-order valence-corrected chi connectivity index (χ0v) is 26.3. The summed E-state index contributed by atoms with van der Waals surface area (Å²) in [6.45, 7) is 6.99. The van der Waals surface area contributed by atoms with Crippen molar-refractivity contribution in [2.24, 2.45) is 0 Å². The molecule has 1 aliphatic rings. The van der Waals surface area contributed by atoms with Crippen LogP contribution < -0.4 is 5.32 Å². The molecule has 1 atom stereocenters. The Balaban J connectivity index is 1.76. The number of hydrogen-bond donors (Lipinski definition) is 1. The van der Waals surface area contributed by atoms with Crippen LogP contribution >= 0.6 is 34.9 Å². The van der Waals surface area contributed by atoms with Gasteiger partial charge in [-0.15, -0.1) is 11.3 Å². The summed E-state index contributed by atoms with van der Waals surface area (Å²) in [5.41, 5.74) is 0.965. The number of unbranched alkanes of at least 4 members (excludes halogenated alkanes) is 1. The van der Waals surface area contributed by atoms with Crippen molar-refractivity contribution in [3.63, 3.8) is 0 Å². The van der Waals surface area contributed by atoms with E-state index in [2.05, 4.69) is 26.2 Å². The van der Waals surface area contributed by atoms with E-state index in [9.17, 15) is 18.9 Å². The highest BCUT2D eigenvalue weighted by Gasteiger charge is 2.38. The lowest BCUT2D eigenvalue weighted by molar-refractivity contribution is -0.134. The van der Waals surface area contributed by atoms with Crippen LogP contribution in [-0.2, 0) is 23.1 Å². The number of rotatable bonds is 13. The molecule has 0 aliphatic carbocycles. The summed E-state index contributed by atoms with van der Waals surface area (Å²) >= 11 is 4.71. The fraction of sp³-hybridized carbons (Fsp3) is 0.538. The van der Waals surface area contributed by atoms with E-state index in [0.29, 0.717) is 15.4 Å². The Hall–Kier alpha value is -2.31. The maximum absolute atomic E-state index is 13.7. The van der Waals surface area contributed by atoms with Gasteiger partial charge in [-0.3, -0.25) is 14.2 Å². The van der Waals surface area contributed by atoms with Crippen molar-refractivity contribution in [2.75, 3.05) is 52.2 Å². The number of nitrogens with zero attached hydrogens (tertiary/aromatic N) is 3. The number of carbonyl (C=O) groups excluding carboxylic acids is 3. The van der Waals surface area contributed by atoms with Crippen molar-refractivity contribution >= 4 is 52.8 Å². The first-order valence-electron chi connectivity index (χ1n) is 13.3. The molecule has 1 N–H and O–H groups in total. The summed E-state index contributed by atoms with van der Waals surface area (Å²) in [7, 11) is -3.70. The normalized spacial score (nSPS) is 14.6. The smallest absolute Gasteiger partial charge is 0.409 e. The van der Waals surface area contributed by atoms with Crippen LogP contribution in [0, 0.1) is 0 Å². The van der Waals surface area contributed by atoms with E-state index in [-0.39, 0.29) is 51.2 Å². The zero-order chi connectivity index (χ0) is 29.1. The number of hydrogen-bond acceptors (Lipinski definition) is 9. The van der Waals surface area contributed by atoms with Gasteiger partial charge in [-0.1, -0.05) is 43.7 Å². The Bertz CT molecular complexity index is 1180. The molecule has 40 heavy (non-hydrogen) atoms. The number of ether oxygens (including phenoxy) is 1. The van der Waals surface area contributed by atoms with Gasteiger partial charge < -0.3 is 28.9 Å². The van der Waals surface area contributed by atoms with Crippen molar-refractivity contribution in [3.8, 4) is 10.6 Å². The second-order valence-electron chi connectivity index (χ2n) is 8.94. The van der Waals surface area contributed by atoms with Crippen LogP contribution in [0.4, 0.5) is 4.79 Å². The number of piperazine rings is 1. The largest absolute Gasteiger partial charge is 0.449 e. The van der Waals surface area contributed by atoms with E-state index >= 15 is 0 Å². The molecule has 1 aliphatic heterocycles. The van der Waals surface area contributed by atoms with Gasteiger partial charge in [-0.2, -0.15) is 0 Å². The number of halogens is 1. The first kappa shape index (κ1) is 32.2. The van der Waals surface area contributed by atoms with Crippen molar-refractivity contribution in [2.45, 2.75) is 39.7 Å². The molecular formula is C26H36BrN4O7PS. The molecule has 0 bridgehead atoms. The van der Waals surface area contributed by atoms with Crippen LogP contribution in [-0.4, -0.2) is 90.9 Å². The molecule has 1 aromatic heterocycles. The number of nitrogens with one attached hydrogen (secondary N) is 1. The van der Waals surface area contributed by atoms with Gasteiger partial charge in [0.2, 0.25) is 5.91 Å². The molecule has 2 heterocycles. The molecule has 3 rings (SSSR count). The molecule has 1 fully saturated rings. The van der Waals surface area contributed by atoms with Crippen molar-refractivity contribution in [1.82, 2.24) is 20.1 Å². The minimum Gasteiger partial charge on any atom is -0.449 e. The zero-order valence-electron chi connectivity index (χ0n) is 23.0. The maximum atomic E-state index is 13.7. The van der Waals surface area contributed by atoms with E-state index in [1.807, 2.05) is 37.3 Å². The van der Waals surface area contributed by atoms with Gasteiger partial charge >= 0.3 is 13.7 Å². The molecule has 2 aromatic rings. The average Bonchev–Trinajstić information content (AvgIpc) is 3.35. The molecule has 1 saturated heterocycles. The maximum Gasteiger partial charge on any atom is 0.409 e. The lowest BCUT2D eigenvalue weighted by atomic mass is 10.2. The Labute approximate surface area is 247 Å². The second-order valence-corrected chi connectivity index (χ2v) is 13.4. The fourth-order valence-corrected chi connectivity index (χ4v) is 7.33. The Kier molecular flexibility index (Phi) is 12.6. The predicted octanol–water partition coefficient (Wildman–Crippen LogP) is 5.02. The van der Waals surface area contributed by atoms with Gasteiger partial charge in [0.05, 0.1) is 26.0 Å². The van der Waals surface area contributed by atoms with Gasteiger partial charge in [0.25, 0.3) is 5.91 Å². The highest BCUT2D eigenvalue weighted by Crippen LogP contribution is 2.48. The van der Waals surface area contributed by atoms with Crippen LogP contribution in [0.2, 0.25) is 0 Å². The first-order chi connectivity index (χ1) is 19.2. The molecule has 220 valence electrons. The lowest BCUT2D eigenvalue weighted by Crippen LogP contribution is -2.57. The van der Waals surface area contributed by atoms with Gasteiger partial charge in [0, 0.05) is 31.7 Å². The fourth-order valence-electron chi connectivity index (χ4n) is 4.04. The lowest BCUT2D eigenvalue weighted by Gasteiger charge is -2.36. The number of amides is 3. The van der Waals surface area contributed by atoms with Crippen LogP contribution in [0.25, 0.3) is 10.6 Å². The summed E-state index contributed by atoms with van der Waals surface area (Å²) < 4.78 is 30.0. The van der Waals surface area contributed by atoms with E-state index in [4.69, 9.17) is 13.8 Å². The molecule has 3 amide bonds. The number of aromatic nitrogens is 1.